The Morgan fingerprint density at radius 3 is 2.81 bits per heavy atom. The molecule has 1 heterocycles. The SMILES string of the molecule is Cc1cccc(Br)c1-n1cnc(N)nc1=O. The zero-order chi connectivity index (χ0) is 11.7. The predicted molar refractivity (Wildman–Crippen MR) is 64.5 cm³/mol. The van der Waals surface area contributed by atoms with Crippen LogP contribution in [0.1, 0.15) is 5.56 Å². The van der Waals surface area contributed by atoms with Gasteiger partial charge in [-0.1, -0.05) is 12.1 Å². The van der Waals surface area contributed by atoms with Crippen LogP contribution in [0.5, 0.6) is 0 Å². The normalized spacial score (nSPS) is 10.4. The van der Waals surface area contributed by atoms with Crippen molar-refractivity contribution in [2.24, 2.45) is 0 Å². The summed E-state index contributed by atoms with van der Waals surface area (Å²) in [6, 6.07) is 5.65. The number of anilines is 1. The number of benzene rings is 1. The van der Waals surface area contributed by atoms with Gasteiger partial charge >= 0.3 is 5.69 Å². The lowest BCUT2D eigenvalue weighted by molar-refractivity contribution is 0.858. The van der Waals surface area contributed by atoms with E-state index in [0.717, 1.165) is 15.7 Å². The van der Waals surface area contributed by atoms with Gasteiger partial charge in [-0.3, -0.25) is 0 Å². The van der Waals surface area contributed by atoms with Gasteiger partial charge in [-0.25, -0.2) is 14.3 Å². The average Bonchev–Trinajstić information content (AvgIpc) is 2.20. The van der Waals surface area contributed by atoms with Crippen LogP contribution in [0, 0.1) is 6.92 Å². The molecule has 0 amide bonds. The van der Waals surface area contributed by atoms with Crippen molar-refractivity contribution in [1.29, 1.82) is 0 Å². The molecule has 0 saturated carbocycles. The molecule has 0 spiro atoms. The van der Waals surface area contributed by atoms with Crippen molar-refractivity contribution in [2.45, 2.75) is 6.92 Å². The third kappa shape index (κ3) is 1.83. The highest BCUT2D eigenvalue weighted by Gasteiger charge is 2.08. The Kier molecular flexibility index (Phi) is 2.74. The zero-order valence-corrected chi connectivity index (χ0v) is 10.1. The van der Waals surface area contributed by atoms with Gasteiger partial charge in [0, 0.05) is 4.47 Å². The van der Waals surface area contributed by atoms with Gasteiger partial charge in [0.1, 0.15) is 6.33 Å². The average molecular weight is 281 g/mol. The first-order valence-electron chi connectivity index (χ1n) is 4.56. The van der Waals surface area contributed by atoms with Crippen LogP contribution in [0.2, 0.25) is 0 Å². The van der Waals surface area contributed by atoms with Crippen LogP contribution in [0.15, 0.2) is 33.8 Å². The highest BCUT2D eigenvalue weighted by Crippen LogP contribution is 2.22. The number of aryl methyl sites for hydroxylation is 1. The van der Waals surface area contributed by atoms with E-state index in [0.29, 0.717) is 0 Å². The maximum Gasteiger partial charge on any atom is 0.356 e. The monoisotopic (exact) mass is 280 g/mol. The molecule has 1 aromatic heterocycles. The number of nitrogens with zero attached hydrogens (tertiary/aromatic N) is 3. The van der Waals surface area contributed by atoms with Gasteiger partial charge in [0.05, 0.1) is 5.69 Å². The Hall–Kier alpha value is -1.69. The summed E-state index contributed by atoms with van der Waals surface area (Å²) in [7, 11) is 0. The van der Waals surface area contributed by atoms with Crippen LogP contribution in [0.4, 0.5) is 5.95 Å². The van der Waals surface area contributed by atoms with Crippen LogP contribution in [0.25, 0.3) is 5.69 Å². The summed E-state index contributed by atoms with van der Waals surface area (Å²) < 4.78 is 2.17. The van der Waals surface area contributed by atoms with Crippen molar-refractivity contribution in [1.82, 2.24) is 14.5 Å². The van der Waals surface area contributed by atoms with E-state index in [4.69, 9.17) is 5.73 Å². The molecule has 0 saturated heterocycles. The molecule has 0 fully saturated rings. The Labute approximate surface area is 100 Å². The Morgan fingerprint density at radius 2 is 2.19 bits per heavy atom. The van der Waals surface area contributed by atoms with Crippen LogP contribution < -0.4 is 11.4 Å². The molecule has 1 aromatic carbocycles. The molecular weight excluding hydrogens is 272 g/mol. The minimum absolute atomic E-state index is 0.0223. The van der Waals surface area contributed by atoms with Gasteiger partial charge in [-0.2, -0.15) is 4.98 Å². The molecule has 16 heavy (non-hydrogen) atoms. The van der Waals surface area contributed by atoms with Crippen molar-refractivity contribution in [3.8, 4) is 5.69 Å². The van der Waals surface area contributed by atoms with E-state index in [2.05, 4.69) is 25.9 Å². The minimum Gasteiger partial charge on any atom is -0.368 e. The number of para-hydroxylation sites is 1. The van der Waals surface area contributed by atoms with E-state index in [1.54, 1.807) is 0 Å². The smallest absolute Gasteiger partial charge is 0.356 e. The van der Waals surface area contributed by atoms with Crippen molar-refractivity contribution in [3.63, 3.8) is 0 Å². The lowest BCUT2D eigenvalue weighted by Gasteiger charge is -2.09. The lowest BCUT2D eigenvalue weighted by atomic mass is 10.2. The van der Waals surface area contributed by atoms with Crippen molar-refractivity contribution in [2.75, 3.05) is 5.73 Å². The molecule has 5 nitrogen and oxygen atoms in total. The molecule has 0 aliphatic heterocycles. The highest BCUT2D eigenvalue weighted by atomic mass is 79.9. The van der Waals surface area contributed by atoms with E-state index >= 15 is 0 Å². The Morgan fingerprint density at radius 1 is 1.44 bits per heavy atom. The topological polar surface area (TPSA) is 73.8 Å². The minimum atomic E-state index is -0.442. The predicted octanol–water partition coefficient (Wildman–Crippen LogP) is 1.28. The van der Waals surface area contributed by atoms with Crippen LogP contribution >= 0.6 is 15.9 Å². The number of hydrogen-bond donors (Lipinski definition) is 1. The number of aromatic nitrogens is 3. The summed E-state index contributed by atoms with van der Waals surface area (Å²) in [6.07, 6.45) is 1.37. The van der Waals surface area contributed by atoms with E-state index in [9.17, 15) is 4.79 Å². The molecule has 6 heteroatoms. The maximum absolute atomic E-state index is 11.7. The Bertz CT molecular complexity index is 573. The third-order valence-corrected chi connectivity index (χ3v) is 2.79. The quantitative estimate of drug-likeness (QED) is 0.854. The number of nitrogens with two attached hydrogens (primary N) is 1. The Balaban J connectivity index is 2.73. The van der Waals surface area contributed by atoms with Gasteiger partial charge in [0.15, 0.2) is 0 Å². The van der Waals surface area contributed by atoms with Gasteiger partial charge in [-0.15, -0.1) is 0 Å². The highest BCUT2D eigenvalue weighted by molar-refractivity contribution is 9.10. The van der Waals surface area contributed by atoms with Crippen molar-refractivity contribution in [3.05, 3.63) is 45.0 Å². The third-order valence-electron chi connectivity index (χ3n) is 2.15. The van der Waals surface area contributed by atoms with Gasteiger partial charge < -0.3 is 5.73 Å². The molecule has 82 valence electrons. The molecule has 0 aliphatic rings. The molecule has 2 rings (SSSR count). The standard InChI is InChI=1S/C10H9BrN4O/c1-6-3-2-4-7(11)8(6)15-5-13-9(12)14-10(15)16/h2-5H,1H3,(H2,12,14,16). The van der Waals surface area contributed by atoms with Gasteiger partial charge in [0.2, 0.25) is 5.95 Å². The van der Waals surface area contributed by atoms with E-state index in [-0.39, 0.29) is 5.95 Å². The second-order valence-corrected chi connectivity index (χ2v) is 4.13. The van der Waals surface area contributed by atoms with E-state index in [1.807, 2.05) is 25.1 Å². The summed E-state index contributed by atoms with van der Waals surface area (Å²) in [5, 5.41) is 0. The molecule has 0 aliphatic carbocycles. The largest absolute Gasteiger partial charge is 0.368 e. The maximum atomic E-state index is 11.7. The fraction of sp³-hybridized carbons (Fsp3) is 0.100. The summed E-state index contributed by atoms with van der Waals surface area (Å²) >= 11 is 3.39. The molecule has 0 atom stereocenters. The first-order valence-corrected chi connectivity index (χ1v) is 5.35. The summed E-state index contributed by atoms with van der Waals surface area (Å²) in [6.45, 7) is 1.91. The van der Waals surface area contributed by atoms with Gasteiger partial charge in [-0.05, 0) is 34.5 Å². The fourth-order valence-corrected chi connectivity index (χ4v) is 2.08. The fourth-order valence-electron chi connectivity index (χ4n) is 1.43. The summed E-state index contributed by atoms with van der Waals surface area (Å²) in [5.41, 5.74) is 6.57. The molecule has 0 unspecified atom stereocenters. The second kappa shape index (κ2) is 4.05. The van der Waals surface area contributed by atoms with Crippen molar-refractivity contribution < 1.29 is 0 Å². The zero-order valence-electron chi connectivity index (χ0n) is 8.51. The first-order chi connectivity index (χ1) is 7.59. The van der Waals surface area contributed by atoms with Gasteiger partial charge in [0.25, 0.3) is 0 Å². The van der Waals surface area contributed by atoms with Crippen LogP contribution in [-0.4, -0.2) is 14.5 Å². The number of rotatable bonds is 1. The molecular formula is C10H9BrN4O. The molecule has 0 radical (unpaired) electrons. The first kappa shape index (κ1) is 10.8. The number of nitrogen functional groups attached to an aromatic ring is 1. The second-order valence-electron chi connectivity index (χ2n) is 3.27. The lowest BCUT2D eigenvalue weighted by Crippen LogP contribution is -2.24. The number of hydrogen-bond acceptors (Lipinski definition) is 4. The summed E-state index contributed by atoms with van der Waals surface area (Å²) in [4.78, 5) is 19.0. The molecule has 0 bridgehead atoms. The molecule has 2 aromatic rings. The van der Waals surface area contributed by atoms with E-state index in [1.165, 1.54) is 10.9 Å². The van der Waals surface area contributed by atoms with Crippen molar-refractivity contribution >= 4 is 21.9 Å². The van der Waals surface area contributed by atoms with Crippen LogP contribution in [0.3, 0.4) is 0 Å². The van der Waals surface area contributed by atoms with E-state index < -0.39 is 5.69 Å². The molecule has 2 N–H and O–H groups in total. The van der Waals surface area contributed by atoms with Crippen LogP contribution in [-0.2, 0) is 0 Å². The summed E-state index contributed by atoms with van der Waals surface area (Å²) in [5.74, 6) is -0.0223. The number of halogens is 1.